The van der Waals surface area contributed by atoms with Crippen LogP contribution in [0.2, 0.25) is 0 Å². The lowest BCUT2D eigenvalue weighted by Crippen LogP contribution is -2.49. The first-order valence-electron chi connectivity index (χ1n) is 10.4. The number of carbonyl (C=O) groups is 1. The normalized spacial score (nSPS) is 17.8. The second kappa shape index (κ2) is 9.54. The molecule has 29 heavy (non-hydrogen) atoms. The molecule has 2 fully saturated rings. The van der Waals surface area contributed by atoms with Crippen molar-refractivity contribution in [1.29, 1.82) is 0 Å². The number of methoxy groups -OCH3 is 1. The number of anilines is 1. The number of nitrogens with one attached hydrogen (secondary N) is 1. The smallest absolute Gasteiger partial charge is 0.223 e. The number of hydrogen-bond acceptors (Lipinski definition) is 7. The zero-order chi connectivity index (χ0) is 20.1. The van der Waals surface area contributed by atoms with E-state index < -0.39 is 0 Å². The molecule has 0 unspecified atom stereocenters. The van der Waals surface area contributed by atoms with Crippen LogP contribution in [0.1, 0.15) is 30.7 Å². The van der Waals surface area contributed by atoms with Gasteiger partial charge in [0.2, 0.25) is 11.0 Å². The van der Waals surface area contributed by atoms with E-state index in [1.165, 1.54) is 18.0 Å². The van der Waals surface area contributed by atoms with Gasteiger partial charge in [0.15, 0.2) is 0 Å². The Hall–Kier alpha value is -2.19. The van der Waals surface area contributed by atoms with Crippen LogP contribution in [0.3, 0.4) is 0 Å². The molecule has 1 aliphatic heterocycles. The first-order valence-corrected chi connectivity index (χ1v) is 11.2. The van der Waals surface area contributed by atoms with Gasteiger partial charge in [-0.15, -0.1) is 0 Å². The second-order valence-electron chi connectivity index (χ2n) is 7.77. The highest BCUT2D eigenvalue weighted by atomic mass is 32.1. The maximum atomic E-state index is 11.9. The molecular weight excluding hydrogens is 386 g/mol. The molecule has 1 N–H and O–H groups in total. The molecule has 156 valence electrons. The van der Waals surface area contributed by atoms with Gasteiger partial charge in [-0.1, -0.05) is 18.6 Å². The predicted molar refractivity (Wildman–Crippen MR) is 115 cm³/mol. The quantitative estimate of drug-likeness (QED) is 0.713. The van der Waals surface area contributed by atoms with Gasteiger partial charge in [0.1, 0.15) is 11.6 Å². The van der Waals surface area contributed by atoms with Crippen LogP contribution in [0.15, 0.2) is 24.3 Å². The van der Waals surface area contributed by atoms with Gasteiger partial charge in [-0.05, 0) is 30.5 Å². The van der Waals surface area contributed by atoms with E-state index in [0.29, 0.717) is 6.42 Å². The summed E-state index contributed by atoms with van der Waals surface area (Å²) in [5.41, 5.74) is 1.16. The van der Waals surface area contributed by atoms with E-state index in [1.54, 1.807) is 7.11 Å². The van der Waals surface area contributed by atoms with E-state index in [2.05, 4.69) is 25.6 Å². The summed E-state index contributed by atoms with van der Waals surface area (Å²) in [4.78, 5) is 21.4. The molecule has 1 aromatic heterocycles. The molecule has 0 bridgehead atoms. The monoisotopic (exact) mass is 415 g/mol. The first kappa shape index (κ1) is 20.1. The maximum absolute atomic E-state index is 11.9. The van der Waals surface area contributed by atoms with Crippen LogP contribution < -0.4 is 15.0 Å². The zero-order valence-corrected chi connectivity index (χ0v) is 17.8. The van der Waals surface area contributed by atoms with Gasteiger partial charge >= 0.3 is 0 Å². The minimum absolute atomic E-state index is 0.243. The molecule has 1 saturated carbocycles. The van der Waals surface area contributed by atoms with Gasteiger partial charge in [-0.3, -0.25) is 9.69 Å². The van der Waals surface area contributed by atoms with Crippen molar-refractivity contribution in [3.05, 3.63) is 35.7 Å². The highest BCUT2D eigenvalue weighted by Crippen LogP contribution is 2.26. The van der Waals surface area contributed by atoms with Gasteiger partial charge in [-0.2, -0.15) is 4.37 Å². The van der Waals surface area contributed by atoms with E-state index in [4.69, 9.17) is 9.72 Å². The third-order valence-electron chi connectivity index (χ3n) is 5.80. The summed E-state index contributed by atoms with van der Waals surface area (Å²) < 4.78 is 9.84. The number of benzene rings is 1. The lowest BCUT2D eigenvalue weighted by atomic mass is 9.85. The fourth-order valence-electron chi connectivity index (χ4n) is 3.72. The number of rotatable bonds is 8. The molecule has 1 aliphatic carbocycles. The van der Waals surface area contributed by atoms with E-state index in [9.17, 15) is 4.79 Å². The fourth-order valence-corrected chi connectivity index (χ4v) is 4.46. The Morgan fingerprint density at radius 1 is 1.28 bits per heavy atom. The summed E-state index contributed by atoms with van der Waals surface area (Å²) >= 11 is 1.48. The highest BCUT2D eigenvalue weighted by Gasteiger charge is 2.25. The largest absolute Gasteiger partial charge is 0.497 e. The van der Waals surface area contributed by atoms with Crippen molar-refractivity contribution in [1.82, 2.24) is 19.6 Å². The minimum Gasteiger partial charge on any atom is -0.497 e. The standard InChI is InChI=1S/C21H29N5O2S/c1-28-18-7-2-4-16(14-18)15-19-23-21(29-24-19)26-12-10-25(11-13-26)9-8-22-20(27)17-5-3-6-17/h2,4,7,14,17H,3,5-6,8-13,15H2,1H3,(H,22,27). The van der Waals surface area contributed by atoms with Crippen molar-refractivity contribution in [2.24, 2.45) is 5.92 Å². The molecule has 8 heteroatoms. The SMILES string of the molecule is COc1cccc(Cc2nsc(N3CCN(CCNC(=O)C4CCC4)CC3)n2)c1. The summed E-state index contributed by atoms with van der Waals surface area (Å²) in [6.45, 7) is 5.55. The molecule has 2 aromatic rings. The van der Waals surface area contributed by atoms with E-state index in [-0.39, 0.29) is 11.8 Å². The van der Waals surface area contributed by atoms with E-state index in [0.717, 1.165) is 74.4 Å². The molecule has 0 spiro atoms. The topological polar surface area (TPSA) is 70.6 Å². The molecule has 2 aliphatic rings. The van der Waals surface area contributed by atoms with Crippen LogP contribution in [0, 0.1) is 5.92 Å². The van der Waals surface area contributed by atoms with Gasteiger partial charge < -0.3 is 15.0 Å². The number of hydrogen-bond donors (Lipinski definition) is 1. The molecule has 7 nitrogen and oxygen atoms in total. The number of ether oxygens (including phenoxy) is 1. The number of piperazine rings is 1. The van der Waals surface area contributed by atoms with Gasteiger partial charge in [-0.25, -0.2) is 4.98 Å². The summed E-state index contributed by atoms with van der Waals surface area (Å²) in [5, 5.41) is 4.09. The van der Waals surface area contributed by atoms with Gasteiger partial charge in [0.25, 0.3) is 0 Å². The Bertz CT molecular complexity index is 815. The van der Waals surface area contributed by atoms with E-state index >= 15 is 0 Å². The Labute approximate surface area is 176 Å². The molecule has 1 saturated heterocycles. The summed E-state index contributed by atoms with van der Waals surface area (Å²) in [6.07, 6.45) is 4.04. The predicted octanol–water partition coefficient (Wildman–Crippen LogP) is 2.18. The van der Waals surface area contributed by atoms with Crippen molar-refractivity contribution in [3.63, 3.8) is 0 Å². The number of aromatic nitrogens is 2. The molecule has 0 radical (unpaired) electrons. The van der Waals surface area contributed by atoms with Crippen molar-refractivity contribution < 1.29 is 9.53 Å². The van der Waals surface area contributed by atoms with Crippen molar-refractivity contribution in [2.75, 3.05) is 51.3 Å². The number of amides is 1. The first-order chi connectivity index (χ1) is 14.2. The van der Waals surface area contributed by atoms with Crippen LogP contribution in [-0.2, 0) is 11.2 Å². The Morgan fingerprint density at radius 2 is 2.10 bits per heavy atom. The lowest BCUT2D eigenvalue weighted by molar-refractivity contribution is -0.127. The average molecular weight is 416 g/mol. The molecule has 4 rings (SSSR count). The highest BCUT2D eigenvalue weighted by molar-refractivity contribution is 7.09. The lowest BCUT2D eigenvalue weighted by Gasteiger charge is -2.34. The maximum Gasteiger partial charge on any atom is 0.223 e. The number of carbonyl (C=O) groups excluding carboxylic acids is 1. The molecule has 1 aromatic carbocycles. The fraction of sp³-hybridized carbons (Fsp3) is 0.571. The molecule has 1 amide bonds. The summed E-state index contributed by atoms with van der Waals surface area (Å²) in [5.74, 6) is 2.24. The van der Waals surface area contributed by atoms with Gasteiger partial charge in [0, 0.05) is 63.1 Å². The minimum atomic E-state index is 0.243. The van der Waals surface area contributed by atoms with Gasteiger partial charge in [0.05, 0.1) is 7.11 Å². The van der Waals surface area contributed by atoms with Crippen LogP contribution in [0.4, 0.5) is 5.13 Å². The van der Waals surface area contributed by atoms with Crippen molar-refractivity contribution >= 4 is 22.6 Å². The Morgan fingerprint density at radius 3 is 2.83 bits per heavy atom. The number of nitrogens with zero attached hydrogens (tertiary/aromatic N) is 4. The van der Waals surface area contributed by atoms with Crippen LogP contribution in [0.5, 0.6) is 5.75 Å². The van der Waals surface area contributed by atoms with Crippen LogP contribution >= 0.6 is 11.5 Å². The average Bonchev–Trinajstić information content (AvgIpc) is 3.16. The Balaban J connectivity index is 1.21. The second-order valence-corrected chi connectivity index (χ2v) is 8.50. The molecule has 0 atom stereocenters. The third-order valence-corrected chi connectivity index (χ3v) is 6.61. The third kappa shape index (κ3) is 5.25. The molecular formula is C21H29N5O2S. The van der Waals surface area contributed by atoms with Crippen molar-refractivity contribution in [3.8, 4) is 5.75 Å². The zero-order valence-electron chi connectivity index (χ0n) is 17.0. The summed E-state index contributed by atoms with van der Waals surface area (Å²) in [6, 6.07) is 8.05. The Kier molecular flexibility index (Phi) is 6.61. The van der Waals surface area contributed by atoms with Crippen molar-refractivity contribution in [2.45, 2.75) is 25.7 Å². The van der Waals surface area contributed by atoms with Crippen LogP contribution in [0.25, 0.3) is 0 Å². The molecule has 2 heterocycles. The summed E-state index contributed by atoms with van der Waals surface area (Å²) in [7, 11) is 1.68. The van der Waals surface area contributed by atoms with Crippen LogP contribution in [-0.4, -0.2) is 66.5 Å². The van der Waals surface area contributed by atoms with E-state index in [1.807, 2.05) is 18.2 Å².